The van der Waals surface area contributed by atoms with Gasteiger partial charge in [0.05, 0.1) is 17.5 Å². The van der Waals surface area contributed by atoms with Gasteiger partial charge in [-0.25, -0.2) is 13.8 Å². The van der Waals surface area contributed by atoms with Gasteiger partial charge in [-0.15, -0.1) is 0 Å². The first kappa shape index (κ1) is 25.3. The Kier molecular flexibility index (Phi) is 6.75. The van der Waals surface area contributed by atoms with Crippen molar-refractivity contribution in [2.75, 3.05) is 38.1 Å². The van der Waals surface area contributed by atoms with Gasteiger partial charge in [-0.2, -0.15) is 10.6 Å². The van der Waals surface area contributed by atoms with Gasteiger partial charge in [0.15, 0.2) is 0 Å². The molecule has 2 saturated heterocycles. The summed E-state index contributed by atoms with van der Waals surface area (Å²) in [6.07, 6.45) is 2.07. The Morgan fingerprint density at radius 1 is 1.31 bits per heavy atom. The number of ether oxygens (including phenoxy) is 1. The van der Waals surface area contributed by atoms with Crippen LogP contribution < -0.4 is 15.4 Å². The molecule has 2 aliphatic heterocycles. The zero-order chi connectivity index (χ0) is 25.4. The van der Waals surface area contributed by atoms with Gasteiger partial charge in [-0.1, -0.05) is 0 Å². The molecule has 1 atom stereocenters. The van der Waals surface area contributed by atoms with Gasteiger partial charge in [0.1, 0.15) is 27.8 Å². The van der Waals surface area contributed by atoms with Crippen LogP contribution in [0.25, 0.3) is 0 Å². The lowest BCUT2D eigenvalue weighted by molar-refractivity contribution is 0.102. The molecule has 0 radical (unpaired) electrons. The second-order valence-corrected chi connectivity index (χ2v) is 11.6. The minimum absolute atomic E-state index is 0.00650. The molecule has 3 heterocycles. The highest BCUT2D eigenvalue weighted by molar-refractivity contribution is 8.26. The number of likely N-dealkylation sites (tertiary alicyclic amines) is 1. The summed E-state index contributed by atoms with van der Waals surface area (Å²) in [5.74, 6) is -1.18. The molecular weight excluding hydrogens is 480 g/mol. The number of rotatable bonds is 5. The third-order valence-electron chi connectivity index (χ3n) is 6.78. The predicted octanol–water partition coefficient (Wildman–Crippen LogP) is 3.79. The van der Waals surface area contributed by atoms with Crippen LogP contribution in [0.15, 0.2) is 36.5 Å². The number of amidine groups is 1. The SMILES string of the molecule is CN1CCC2(CC1)C(=N)N[C@](C)(c1cc(NC(=O)c3ccc(OCF)cn3)ccc1F)CS2(O)O. The minimum atomic E-state index is -3.30. The van der Waals surface area contributed by atoms with Crippen molar-refractivity contribution in [1.82, 2.24) is 15.2 Å². The number of carbonyl (C=O) groups excluding carboxylic acids is 1. The molecule has 12 heteroatoms. The van der Waals surface area contributed by atoms with E-state index in [0.717, 1.165) is 0 Å². The van der Waals surface area contributed by atoms with Crippen LogP contribution >= 0.6 is 10.6 Å². The Bertz CT molecular complexity index is 1130. The summed E-state index contributed by atoms with van der Waals surface area (Å²) in [6.45, 7) is 1.86. The highest BCUT2D eigenvalue weighted by Gasteiger charge is 2.56. The Hall–Kier alpha value is -2.80. The summed E-state index contributed by atoms with van der Waals surface area (Å²) in [4.78, 5) is 18.6. The van der Waals surface area contributed by atoms with Crippen LogP contribution in [0.2, 0.25) is 0 Å². The molecule has 190 valence electrons. The van der Waals surface area contributed by atoms with Crippen molar-refractivity contribution in [1.29, 1.82) is 5.41 Å². The molecule has 0 unspecified atom stereocenters. The summed E-state index contributed by atoms with van der Waals surface area (Å²) in [7, 11) is -1.35. The zero-order valence-electron chi connectivity index (χ0n) is 19.5. The average Bonchev–Trinajstić information content (AvgIpc) is 2.80. The second kappa shape index (κ2) is 9.34. The van der Waals surface area contributed by atoms with Gasteiger partial charge in [0.25, 0.3) is 5.91 Å². The van der Waals surface area contributed by atoms with Crippen LogP contribution in [0.3, 0.4) is 0 Å². The Labute approximate surface area is 203 Å². The quantitative estimate of drug-likeness (QED) is 0.415. The van der Waals surface area contributed by atoms with Gasteiger partial charge in [0.2, 0.25) is 6.86 Å². The number of benzene rings is 1. The van der Waals surface area contributed by atoms with Crippen LogP contribution in [0.4, 0.5) is 14.5 Å². The first-order valence-corrected chi connectivity index (χ1v) is 12.8. The molecule has 1 spiro atoms. The van der Waals surface area contributed by atoms with E-state index in [1.807, 2.05) is 7.05 Å². The topological polar surface area (TPSA) is 131 Å². The molecule has 2 aliphatic rings. The molecule has 1 aromatic heterocycles. The van der Waals surface area contributed by atoms with E-state index in [2.05, 4.69) is 25.3 Å². The first-order valence-electron chi connectivity index (χ1n) is 11.1. The van der Waals surface area contributed by atoms with Gasteiger partial charge in [-0.05, 0) is 57.1 Å². The summed E-state index contributed by atoms with van der Waals surface area (Å²) >= 11 is 0. The molecule has 1 amide bonds. The third-order valence-corrected chi connectivity index (χ3v) is 9.62. The normalized spacial score (nSPS) is 24.5. The smallest absolute Gasteiger partial charge is 0.274 e. The van der Waals surface area contributed by atoms with Gasteiger partial charge in [-0.3, -0.25) is 19.3 Å². The molecular formula is C23H29F2N5O4S. The van der Waals surface area contributed by atoms with Gasteiger partial charge >= 0.3 is 0 Å². The van der Waals surface area contributed by atoms with Crippen molar-refractivity contribution in [2.45, 2.75) is 30.1 Å². The van der Waals surface area contributed by atoms with Crippen LogP contribution in [0.1, 0.15) is 35.8 Å². The fraction of sp³-hybridized carbons (Fsp3) is 0.435. The number of piperidine rings is 1. The second-order valence-electron chi connectivity index (χ2n) is 9.22. The number of carbonyl (C=O) groups is 1. The fourth-order valence-corrected chi connectivity index (χ4v) is 7.24. The lowest BCUT2D eigenvalue weighted by Crippen LogP contribution is -2.66. The molecule has 5 N–H and O–H groups in total. The van der Waals surface area contributed by atoms with E-state index in [-0.39, 0.29) is 34.3 Å². The Morgan fingerprint density at radius 2 is 2.03 bits per heavy atom. The van der Waals surface area contributed by atoms with Crippen molar-refractivity contribution in [3.63, 3.8) is 0 Å². The molecule has 2 fully saturated rings. The summed E-state index contributed by atoms with van der Waals surface area (Å²) < 4.78 is 53.3. The molecule has 0 saturated carbocycles. The lowest BCUT2D eigenvalue weighted by atomic mass is 9.88. The van der Waals surface area contributed by atoms with E-state index in [0.29, 0.717) is 25.9 Å². The first-order chi connectivity index (χ1) is 16.5. The molecule has 0 bridgehead atoms. The minimum Gasteiger partial charge on any atom is -0.461 e. The van der Waals surface area contributed by atoms with Crippen LogP contribution in [-0.2, 0) is 5.54 Å². The van der Waals surface area contributed by atoms with E-state index in [9.17, 15) is 22.7 Å². The van der Waals surface area contributed by atoms with Crippen molar-refractivity contribution in [2.24, 2.45) is 0 Å². The standard InChI is InChI=1S/C23H29F2N5O4S/c1-22(13-35(32,33)23(21(26)29-22)7-9-30(2)10-8-23)17-11-15(3-5-18(17)25)28-20(31)19-6-4-16(12-27-19)34-14-24/h3-6,11-12,32-33H,7-10,13-14H2,1-2H3,(H2,26,29)(H,28,31)/t22-/m0/s1. The van der Waals surface area contributed by atoms with Gasteiger partial charge < -0.3 is 20.3 Å². The molecule has 0 aliphatic carbocycles. The number of aromatic nitrogens is 1. The third kappa shape index (κ3) is 4.70. The summed E-state index contributed by atoms with van der Waals surface area (Å²) in [5, 5.41) is 14.4. The molecule has 1 aromatic carbocycles. The van der Waals surface area contributed by atoms with E-state index in [4.69, 9.17) is 5.41 Å². The number of hydrogen-bond donors (Lipinski definition) is 5. The van der Waals surface area contributed by atoms with Gasteiger partial charge in [0, 0.05) is 24.3 Å². The Morgan fingerprint density at radius 3 is 2.63 bits per heavy atom. The molecule has 35 heavy (non-hydrogen) atoms. The van der Waals surface area contributed by atoms with E-state index >= 15 is 0 Å². The summed E-state index contributed by atoms with van der Waals surface area (Å²) in [5.41, 5.74) is -0.867. The highest BCUT2D eigenvalue weighted by atomic mass is 32.3. The van der Waals surface area contributed by atoms with E-state index in [1.165, 1.54) is 36.5 Å². The van der Waals surface area contributed by atoms with Crippen molar-refractivity contribution in [3.05, 3.63) is 53.6 Å². The predicted molar refractivity (Wildman–Crippen MR) is 131 cm³/mol. The molecule has 9 nitrogen and oxygen atoms in total. The van der Waals surface area contributed by atoms with E-state index in [1.54, 1.807) is 6.92 Å². The maximum atomic E-state index is 15.0. The number of nitrogens with one attached hydrogen (secondary N) is 3. The van der Waals surface area contributed by atoms with Crippen molar-refractivity contribution >= 4 is 28.0 Å². The number of pyridine rings is 1. The average molecular weight is 510 g/mol. The number of halogens is 2. The Balaban J connectivity index is 1.57. The lowest BCUT2D eigenvalue weighted by Gasteiger charge is -2.60. The number of nitrogens with zero attached hydrogens (tertiary/aromatic N) is 2. The maximum absolute atomic E-state index is 15.0. The fourth-order valence-electron chi connectivity index (χ4n) is 4.72. The number of amides is 1. The summed E-state index contributed by atoms with van der Waals surface area (Å²) in [6, 6.07) is 6.74. The molecule has 4 rings (SSSR count). The van der Waals surface area contributed by atoms with Crippen molar-refractivity contribution < 1.29 is 27.4 Å². The number of alkyl halides is 1. The number of hydrogen-bond acceptors (Lipinski definition) is 7. The number of anilines is 1. The molecule has 2 aromatic rings. The zero-order valence-corrected chi connectivity index (χ0v) is 20.3. The van der Waals surface area contributed by atoms with Crippen LogP contribution in [-0.4, -0.2) is 68.2 Å². The largest absolute Gasteiger partial charge is 0.461 e. The van der Waals surface area contributed by atoms with Crippen LogP contribution in [0, 0.1) is 11.2 Å². The van der Waals surface area contributed by atoms with Crippen molar-refractivity contribution in [3.8, 4) is 5.75 Å². The maximum Gasteiger partial charge on any atom is 0.274 e. The van der Waals surface area contributed by atoms with Crippen LogP contribution in [0.5, 0.6) is 5.75 Å². The monoisotopic (exact) mass is 509 g/mol. The van der Waals surface area contributed by atoms with E-state index < -0.39 is 39.5 Å². The highest BCUT2D eigenvalue weighted by Crippen LogP contribution is 2.62.